The first-order chi connectivity index (χ1) is 14.5. The molecule has 0 aliphatic rings. The molecule has 0 saturated carbocycles. The second kappa shape index (κ2) is 8.69. The van der Waals surface area contributed by atoms with Crippen LogP contribution in [0.15, 0.2) is 76.8 Å². The zero-order chi connectivity index (χ0) is 21.1. The molecular formula is C22H17ClN4O2S. The van der Waals surface area contributed by atoms with E-state index in [0.29, 0.717) is 32.6 Å². The number of hydrogen-bond donors (Lipinski definition) is 1. The first-order valence-electron chi connectivity index (χ1n) is 9.14. The van der Waals surface area contributed by atoms with Crippen molar-refractivity contribution in [2.45, 2.75) is 12.1 Å². The fraction of sp³-hybridized carbons (Fsp3) is 0.0909. The molecule has 0 aliphatic carbocycles. The van der Waals surface area contributed by atoms with Gasteiger partial charge in [-0.2, -0.15) is 0 Å². The fourth-order valence-electron chi connectivity index (χ4n) is 2.89. The van der Waals surface area contributed by atoms with Crippen LogP contribution >= 0.6 is 23.4 Å². The van der Waals surface area contributed by atoms with E-state index in [4.69, 9.17) is 11.6 Å². The van der Waals surface area contributed by atoms with E-state index in [2.05, 4.69) is 15.3 Å². The lowest BCUT2D eigenvalue weighted by molar-refractivity contribution is -0.113. The molecule has 0 aliphatic heterocycles. The average molecular weight is 437 g/mol. The average Bonchev–Trinajstić information content (AvgIpc) is 2.75. The number of amides is 1. The third-order valence-electron chi connectivity index (χ3n) is 4.36. The van der Waals surface area contributed by atoms with Gasteiger partial charge in [-0.15, -0.1) is 0 Å². The highest BCUT2D eigenvalue weighted by atomic mass is 35.5. The number of aromatic nitrogens is 3. The molecule has 1 amide bonds. The molecule has 2 heterocycles. The summed E-state index contributed by atoms with van der Waals surface area (Å²) in [7, 11) is 0. The predicted molar refractivity (Wildman–Crippen MR) is 121 cm³/mol. The number of thioether (sulfide) groups is 1. The third-order valence-corrected chi connectivity index (χ3v) is 5.53. The molecule has 0 saturated heterocycles. The Morgan fingerprint density at radius 1 is 1.10 bits per heavy atom. The minimum Gasteiger partial charge on any atom is -0.310 e. The lowest BCUT2D eigenvalue weighted by Crippen LogP contribution is -2.23. The van der Waals surface area contributed by atoms with Crippen molar-refractivity contribution in [2.24, 2.45) is 0 Å². The van der Waals surface area contributed by atoms with Gasteiger partial charge in [-0.1, -0.05) is 53.2 Å². The predicted octanol–water partition coefficient (Wildman–Crippen LogP) is 4.47. The molecule has 0 bridgehead atoms. The van der Waals surface area contributed by atoms with Crippen molar-refractivity contribution in [1.82, 2.24) is 14.5 Å². The van der Waals surface area contributed by atoms with Gasteiger partial charge in [0.1, 0.15) is 5.82 Å². The van der Waals surface area contributed by atoms with Gasteiger partial charge in [0.25, 0.3) is 5.56 Å². The minimum absolute atomic E-state index is 0.0704. The molecule has 0 atom stereocenters. The number of rotatable bonds is 5. The molecule has 30 heavy (non-hydrogen) atoms. The summed E-state index contributed by atoms with van der Waals surface area (Å²) in [5.74, 6) is 0.223. The van der Waals surface area contributed by atoms with Crippen LogP contribution in [0.2, 0.25) is 5.02 Å². The van der Waals surface area contributed by atoms with Crippen LogP contribution in [-0.2, 0) is 4.79 Å². The number of aryl methyl sites for hydroxylation is 1. The molecule has 8 heteroatoms. The molecule has 4 aromatic rings. The first kappa shape index (κ1) is 20.1. The molecule has 150 valence electrons. The van der Waals surface area contributed by atoms with Crippen molar-refractivity contribution in [3.63, 3.8) is 0 Å². The van der Waals surface area contributed by atoms with E-state index in [1.165, 1.54) is 18.0 Å². The highest BCUT2D eigenvalue weighted by Gasteiger charge is 2.15. The summed E-state index contributed by atoms with van der Waals surface area (Å²) in [6.07, 6.45) is 1.46. The Kier molecular flexibility index (Phi) is 5.83. The monoisotopic (exact) mass is 436 g/mol. The van der Waals surface area contributed by atoms with E-state index < -0.39 is 0 Å². The van der Waals surface area contributed by atoms with Gasteiger partial charge in [-0.05, 0) is 43.3 Å². The largest absolute Gasteiger partial charge is 0.310 e. The smallest absolute Gasteiger partial charge is 0.266 e. The Bertz CT molecular complexity index is 1270. The molecule has 4 rings (SSSR count). The van der Waals surface area contributed by atoms with Gasteiger partial charge in [0.15, 0.2) is 5.16 Å². The van der Waals surface area contributed by atoms with Crippen molar-refractivity contribution >= 4 is 46.0 Å². The van der Waals surface area contributed by atoms with Crippen LogP contribution in [0.1, 0.15) is 5.56 Å². The van der Waals surface area contributed by atoms with E-state index in [1.54, 1.807) is 28.8 Å². The molecule has 0 spiro atoms. The summed E-state index contributed by atoms with van der Waals surface area (Å²) >= 11 is 7.01. The quantitative estimate of drug-likeness (QED) is 0.369. The highest BCUT2D eigenvalue weighted by Crippen LogP contribution is 2.22. The normalized spacial score (nSPS) is 10.9. The number of para-hydroxylation sites is 1. The number of halogens is 1. The number of carbonyl (C=O) groups is 1. The fourth-order valence-corrected chi connectivity index (χ4v) is 3.81. The number of anilines is 1. The number of pyridine rings is 1. The maximum absolute atomic E-state index is 13.2. The van der Waals surface area contributed by atoms with Gasteiger partial charge in [-0.25, -0.2) is 9.97 Å². The Morgan fingerprint density at radius 3 is 2.60 bits per heavy atom. The summed E-state index contributed by atoms with van der Waals surface area (Å²) in [6.45, 7) is 1.98. The standard InChI is InChI=1S/C22H17ClN4O2S/c1-14-6-9-16(10-7-14)27-21(29)17-4-2-3-5-18(17)25-22(27)30-13-20(28)26-19-11-8-15(23)12-24-19/h2-12H,13H2,1H3,(H,24,26,28). The van der Waals surface area contributed by atoms with Gasteiger partial charge in [0, 0.05) is 6.20 Å². The van der Waals surface area contributed by atoms with Crippen LogP contribution in [0.5, 0.6) is 0 Å². The number of nitrogens with zero attached hydrogens (tertiary/aromatic N) is 3. The molecule has 0 fully saturated rings. The molecule has 2 aromatic heterocycles. The Labute approximate surface area is 181 Å². The van der Waals surface area contributed by atoms with E-state index in [0.717, 1.165) is 5.56 Å². The lowest BCUT2D eigenvalue weighted by atomic mass is 10.2. The van der Waals surface area contributed by atoms with E-state index >= 15 is 0 Å². The van der Waals surface area contributed by atoms with E-state index in [9.17, 15) is 9.59 Å². The number of nitrogens with one attached hydrogen (secondary N) is 1. The zero-order valence-corrected chi connectivity index (χ0v) is 17.6. The lowest BCUT2D eigenvalue weighted by Gasteiger charge is -2.13. The van der Waals surface area contributed by atoms with Crippen molar-refractivity contribution in [3.8, 4) is 5.69 Å². The van der Waals surface area contributed by atoms with Crippen LogP contribution in [0.25, 0.3) is 16.6 Å². The number of benzene rings is 2. The van der Waals surface area contributed by atoms with Crippen LogP contribution in [0, 0.1) is 6.92 Å². The third kappa shape index (κ3) is 4.37. The molecule has 1 N–H and O–H groups in total. The Morgan fingerprint density at radius 2 is 1.87 bits per heavy atom. The molecule has 0 radical (unpaired) electrons. The van der Waals surface area contributed by atoms with Crippen molar-refractivity contribution < 1.29 is 4.79 Å². The number of carbonyl (C=O) groups excluding carboxylic acids is 1. The van der Waals surface area contributed by atoms with Crippen molar-refractivity contribution in [3.05, 3.63) is 87.8 Å². The van der Waals surface area contributed by atoms with E-state index in [-0.39, 0.29) is 17.2 Å². The summed E-state index contributed by atoms with van der Waals surface area (Å²) < 4.78 is 1.54. The molecule has 6 nitrogen and oxygen atoms in total. The number of hydrogen-bond acceptors (Lipinski definition) is 5. The van der Waals surface area contributed by atoms with Gasteiger partial charge < -0.3 is 5.32 Å². The Hall–Kier alpha value is -3.16. The maximum Gasteiger partial charge on any atom is 0.266 e. The molecule has 2 aromatic carbocycles. The van der Waals surface area contributed by atoms with Crippen LogP contribution in [0.3, 0.4) is 0 Å². The minimum atomic E-state index is -0.257. The van der Waals surface area contributed by atoms with Crippen molar-refractivity contribution in [1.29, 1.82) is 0 Å². The SMILES string of the molecule is Cc1ccc(-n2c(SCC(=O)Nc3ccc(Cl)cn3)nc3ccccc3c2=O)cc1. The second-order valence-corrected chi connectivity index (χ2v) is 7.97. The summed E-state index contributed by atoms with van der Waals surface area (Å²) in [6, 6.07) is 18.1. The van der Waals surface area contributed by atoms with Gasteiger partial charge in [0.2, 0.25) is 5.91 Å². The van der Waals surface area contributed by atoms with E-state index in [1.807, 2.05) is 43.3 Å². The summed E-state index contributed by atoms with van der Waals surface area (Å²) in [4.78, 5) is 34.3. The topological polar surface area (TPSA) is 76.9 Å². The van der Waals surface area contributed by atoms with Crippen LogP contribution in [-0.4, -0.2) is 26.2 Å². The van der Waals surface area contributed by atoms with Crippen LogP contribution < -0.4 is 10.9 Å². The second-order valence-electron chi connectivity index (χ2n) is 6.59. The zero-order valence-electron chi connectivity index (χ0n) is 16.0. The van der Waals surface area contributed by atoms with Crippen LogP contribution in [0.4, 0.5) is 5.82 Å². The van der Waals surface area contributed by atoms with Gasteiger partial charge in [-0.3, -0.25) is 14.2 Å². The first-order valence-corrected chi connectivity index (χ1v) is 10.5. The number of fused-ring (bicyclic) bond motifs is 1. The molecule has 0 unspecified atom stereocenters. The summed E-state index contributed by atoms with van der Waals surface area (Å²) in [5.41, 5.74) is 2.20. The Balaban J connectivity index is 1.66. The van der Waals surface area contributed by atoms with Gasteiger partial charge in [0.05, 0.1) is 27.4 Å². The van der Waals surface area contributed by atoms with Gasteiger partial charge >= 0.3 is 0 Å². The molecular weight excluding hydrogens is 420 g/mol. The van der Waals surface area contributed by atoms with Crippen molar-refractivity contribution in [2.75, 3.05) is 11.1 Å². The highest BCUT2D eigenvalue weighted by molar-refractivity contribution is 7.99. The maximum atomic E-state index is 13.2. The summed E-state index contributed by atoms with van der Waals surface area (Å²) in [5, 5.41) is 4.18.